The number of rotatable bonds is 6. The molecule has 0 radical (unpaired) electrons. The van der Waals surface area contributed by atoms with Crippen LogP contribution in [0.2, 0.25) is 0 Å². The molecule has 4 nitrogen and oxygen atoms in total. The molecule has 2 rings (SSSR count). The van der Waals surface area contributed by atoms with E-state index in [2.05, 4.69) is 13.8 Å². The predicted molar refractivity (Wildman–Crippen MR) is 79.7 cm³/mol. The molecule has 0 aliphatic carbocycles. The molecule has 4 heteroatoms. The molecule has 1 aromatic carbocycles. The molecule has 1 aliphatic heterocycles. The van der Waals surface area contributed by atoms with Gasteiger partial charge in [0.05, 0.1) is 12.7 Å². The Kier molecular flexibility index (Phi) is 5.37. The van der Waals surface area contributed by atoms with Gasteiger partial charge >= 0.3 is 5.97 Å². The van der Waals surface area contributed by atoms with E-state index in [4.69, 9.17) is 14.2 Å². The summed E-state index contributed by atoms with van der Waals surface area (Å²) in [5, 5.41) is 0. The molecule has 116 valence electrons. The van der Waals surface area contributed by atoms with E-state index in [1.807, 2.05) is 30.3 Å². The van der Waals surface area contributed by atoms with Crippen molar-refractivity contribution in [2.24, 2.45) is 0 Å². The van der Waals surface area contributed by atoms with E-state index in [-0.39, 0.29) is 18.2 Å². The number of carbonyl (C=O) groups is 1. The summed E-state index contributed by atoms with van der Waals surface area (Å²) in [6.45, 7) is 5.92. The number of ether oxygens (including phenoxy) is 3. The first-order valence-electron chi connectivity index (χ1n) is 7.64. The molecule has 0 spiro atoms. The third-order valence-electron chi connectivity index (χ3n) is 3.96. The van der Waals surface area contributed by atoms with Gasteiger partial charge in [-0.2, -0.15) is 0 Å². The minimum atomic E-state index is -0.526. The van der Waals surface area contributed by atoms with Gasteiger partial charge in [0.1, 0.15) is 6.10 Å². The number of hydrogen-bond donors (Lipinski definition) is 0. The lowest BCUT2D eigenvalue weighted by Crippen LogP contribution is -2.29. The highest BCUT2D eigenvalue weighted by Crippen LogP contribution is 2.43. The SMILES string of the molecule is CCC1(CC)OC(CCOC(C)=O)C(c2ccccc2)O1. The van der Waals surface area contributed by atoms with E-state index < -0.39 is 5.79 Å². The Morgan fingerprint density at radius 1 is 1.19 bits per heavy atom. The maximum Gasteiger partial charge on any atom is 0.302 e. The van der Waals surface area contributed by atoms with Gasteiger partial charge < -0.3 is 14.2 Å². The zero-order valence-electron chi connectivity index (χ0n) is 13.0. The van der Waals surface area contributed by atoms with Crippen molar-refractivity contribution in [3.8, 4) is 0 Å². The standard InChI is InChI=1S/C17H24O4/c1-4-17(5-2)20-15(11-12-19-13(3)18)16(21-17)14-9-7-6-8-10-14/h6-10,15-16H,4-5,11-12H2,1-3H3. The highest BCUT2D eigenvalue weighted by Gasteiger charge is 2.45. The van der Waals surface area contributed by atoms with Crippen LogP contribution in [0.15, 0.2) is 30.3 Å². The second kappa shape index (κ2) is 7.05. The molecule has 0 amide bonds. The van der Waals surface area contributed by atoms with Gasteiger partial charge in [0, 0.05) is 13.3 Å². The molecule has 1 aromatic rings. The Hall–Kier alpha value is -1.39. The van der Waals surface area contributed by atoms with Gasteiger partial charge in [-0.25, -0.2) is 0 Å². The van der Waals surface area contributed by atoms with Gasteiger partial charge in [-0.3, -0.25) is 4.79 Å². The van der Waals surface area contributed by atoms with Crippen molar-refractivity contribution in [3.63, 3.8) is 0 Å². The fourth-order valence-electron chi connectivity index (χ4n) is 2.71. The van der Waals surface area contributed by atoms with E-state index in [0.717, 1.165) is 18.4 Å². The first kappa shape index (κ1) is 16.0. The zero-order chi connectivity index (χ0) is 15.3. The van der Waals surface area contributed by atoms with Crippen molar-refractivity contribution in [2.75, 3.05) is 6.61 Å². The zero-order valence-corrected chi connectivity index (χ0v) is 13.0. The minimum Gasteiger partial charge on any atom is -0.466 e. The summed E-state index contributed by atoms with van der Waals surface area (Å²) in [6, 6.07) is 10.1. The van der Waals surface area contributed by atoms with Gasteiger partial charge in [0.25, 0.3) is 0 Å². The molecular weight excluding hydrogens is 268 g/mol. The first-order chi connectivity index (χ1) is 10.1. The van der Waals surface area contributed by atoms with Crippen LogP contribution in [0.3, 0.4) is 0 Å². The van der Waals surface area contributed by atoms with Gasteiger partial charge in [-0.1, -0.05) is 44.2 Å². The smallest absolute Gasteiger partial charge is 0.302 e. The van der Waals surface area contributed by atoms with Crippen molar-refractivity contribution in [2.45, 2.75) is 58.0 Å². The summed E-state index contributed by atoms with van der Waals surface area (Å²) in [5.74, 6) is -0.788. The van der Waals surface area contributed by atoms with Crippen molar-refractivity contribution >= 4 is 5.97 Å². The fourth-order valence-corrected chi connectivity index (χ4v) is 2.71. The van der Waals surface area contributed by atoms with Gasteiger partial charge in [0.15, 0.2) is 5.79 Å². The third-order valence-corrected chi connectivity index (χ3v) is 3.96. The lowest BCUT2D eigenvalue weighted by atomic mass is 10.0. The molecule has 0 aromatic heterocycles. The Balaban J connectivity index is 2.12. The quantitative estimate of drug-likeness (QED) is 0.751. The number of carbonyl (C=O) groups excluding carboxylic acids is 1. The Morgan fingerprint density at radius 3 is 2.43 bits per heavy atom. The Labute approximate surface area is 126 Å². The maximum absolute atomic E-state index is 10.9. The van der Waals surface area contributed by atoms with Crippen molar-refractivity contribution < 1.29 is 19.0 Å². The maximum atomic E-state index is 10.9. The average Bonchev–Trinajstić information content (AvgIpc) is 2.88. The van der Waals surface area contributed by atoms with Crippen LogP contribution >= 0.6 is 0 Å². The number of esters is 1. The van der Waals surface area contributed by atoms with Crippen molar-refractivity contribution in [3.05, 3.63) is 35.9 Å². The number of benzene rings is 1. The molecule has 0 bridgehead atoms. The van der Waals surface area contributed by atoms with Crippen LogP contribution in [0, 0.1) is 0 Å². The van der Waals surface area contributed by atoms with Crippen LogP contribution in [0.1, 0.15) is 51.7 Å². The molecule has 2 unspecified atom stereocenters. The molecule has 1 aliphatic rings. The molecule has 1 heterocycles. The topological polar surface area (TPSA) is 44.8 Å². The summed E-state index contributed by atoms with van der Waals surface area (Å²) >= 11 is 0. The van der Waals surface area contributed by atoms with Crippen molar-refractivity contribution in [1.82, 2.24) is 0 Å². The Bertz CT molecular complexity index is 453. The van der Waals surface area contributed by atoms with E-state index in [9.17, 15) is 4.79 Å². The normalized spacial score (nSPS) is 24.0. The van der Waals surface area contributed by atoms with E-state index in [0.29, 0.717) is 13.0 Å². The summed E-state index contributed by atoms with van der Waals surface area (Å²) in [5.41, 5.74) is 1.11. The van der Waals surface area contributed by atoms with E-state index >= 15 is 0 Å². The van der Waals surface area contributed by atoms with Crippen LogP contribution in [0.4, 0.5) is 0 Å². The molecule has 2 atom stereocenters. The van der Waals surface area contributed by atoms with Crippen LogP contribution in [-0.4, -0.2) is 24.5 Å². The van der Waals surface area contributed by atoms with Gasteiger partial charge in [-0.05, 0) is 18.4 Å². The van der Waals surface area contributed by atoms with E-state index in [1.165, 1.54) is 6.92 Å². The minimum absolute atomic E-state index is 0.0911. The third kappa shape index (κ3) is 3.83. The average molecular weight is 292 g/mol. The molecule has 21 heavy (non-hydrogen) atoms. The monoisotopic (exact) mass is 292 g/mol. The lowest BCUT2D eigenvalue weighted by molar-refractivity contribution is -0.180. The fraction of sp³-hybridized carbons (Fsp3) is 0.588. The van der Waals surface area contributed by atoms with Crippen molar-refractivity contribution in [1.29, 1.82) is 0 Å². The molecule has 1 saturated heterocycles. The summed E-state index contributed by atoms with van der Waals surface area (Å²) < 4.78 is 17.5. The molecular formula is C17H24O4. The van der Waals surface area contributed by atoms with Crippen LogP contribution < -0.4 is 0 Å². The van der Waals surface area contributed by atoms with Crippen LogP contribution in [0.25, 0.3) is 0 Å². The predicted octanol–water partition coefficient (Wildman–Crippen LogP) is 3.61. The highest BCUT2D eigenvalue weighted by atomic mass is 16.8. The highest BCUT2D eigenvalue weighted by molar-refractivity contribution is 5.65. The van der Waals surface area contributed by atoms with Gasteiger partial charge in [0.2, 0.25) is 0 Å². The Morgan fingerprint density at radius 2 is 1.86 bits per heavy atom. The summed E-state index contributed by atoms with van der Waals surface area (Å²) in [6.07, 6.45) is 2.04. The first-order valence-corrected chi connectivity index (χ1v) is 7.64. The largest absolute Gasteiger partial charge is 0.466 e. The summed E-state index contributed by atoms with van der Waals surface area (Å²) in [4.78, 5) is 10.9. The molecule has 1 fully saturated rings. The number of hydrogen-bond acceptors (Lipinski definition) is 4. The van der Waals surface area contributed by atoms with Crippen LogP contribution in [0.5, 0.6) is 0 Å². The molecule has 0 saturated carbocycles. The molecule has 0 N–H and O–H groups in total. The second-order valence-electron chi connectivity index (χ2n) is 5.35. The van der Waals surface area contributed by atoms with Gasteiger partial charge in [-0.15, -0.1) is 0 Å². The van der Waals surface area contributed by atoms with E-state index in [1.54, 1.807) is 0 Å². The lowest BCUT2D eigenvalue weighted by Gasteiger charge is -2.25. The second-order valence-corrected chi connectivity index (χ2v) is 5.35. The summed E-state index contributed by atoms with van der Waals surface area (Å²) in [7, 11) is 0. The van der Waals surface area contributed by atoms with Crippen LogP contribution in [-0.2, 0) is 19.0 Å².